The van der Waals surface area contributed by atoms with Gasteiger partial charge in [-0.2, -0.15) is 0 Å². The van der Waals surface area contributed by atoms with E-state index in [0.29, 0.717) is 6.54 Å². The van der Waals surface area contributed by atoms with Crippen molar-refractivity contribution in [2.45, 2.75) is 26.8 Å². The highest BCUT2D eigenvalue weighted by molar-refractivity contribution is 7.13. The molecule has 2 heterocycles. The van der Waals surface area contributed by atoms with Crippen LogP contribution in [0.25, 0.3) is 21.8 Å². The van der Waals surface area contributed by atoms with Crippen molar-refractivity contribution in [1.82, 2.24) is 15.0 Å². The number of anilines is 1. The molecular formula is C29H26N4S. The van der Waals surface area contributed by atoms with Crippen molar-refractivity contribution in [2.75, 3.05) is 5.32 Å². The van der Waals surface area contributed by atoms with E-state index in [1.54, 1.807) is 11.3 Å². The fourth-order valence-electron chi connectivity index (χ4n) is 3.99. The Labute approximate surface area is 204 Å². The lowest BCUT2D eigenvalue weighted by molar-refractivity contribution is 0.946. The molecule has 1 N–H and O–H groups in total. The van der Waals surface area contributed by atoms with E-state index in [4.69, 9.17) is 9.97 Å². The Balaban J connectivity index is 1.30. The summed E-state index contributed by atoms with van der Waals surface area (Å²) in [6.07, 6.45) is 0.808. The molecule has 0 aliphatic heterocycles. The summed E-state index contributed by atoms with van der Waals surface area (Å²) in [5, 5.41) is 6.70. The second kappa shape index (κ2) is 9.98. The van der Waals surface area contributed by atoms with E-state index in [1.165, 1.54) is 11.1 Å². The fraction of sp³-hybridized carbons (Fsp3) is 0.138. The van der Waals surface area contributed by atoms with Gasteiger partial charge in [-0.1, -0.05) is 84.9 Å². The number of aryl methyl sites for hydroxylation is 2. The number of nitrogens with zero attached hydrogens (tertiary/aromatic N) is 3. The van der Waals surface area contributed by atoms with Crippen LogP contribution in [0.3, 0.4) is 0 Å². The average Bonchev–Trinajstić information content (AvgIpc) is 3.36. The second-order valence-corrected chi connectivity index (χ2v) is 9.16. The molecule has 0 aliphatic rings. The van der Waals surface area contributed by atoms with Gasteiger partial charge in [-0.15, -0.1) is 11.3 Å². The molecule has 5 aromatic rings. The number of nitrogens with one attached hydrogen (secondary N) is 1. The first-order chi connectivity index (χ1) is 16.7. The molecular weight excluding hydrogens is 436 g/mol. The van der Waals surface area contributed by atoms with E-state index in [1.807, 2.05) is 31.2 Å². The molecule has 0 radical (unpaired) electrons. The highest BCUT2D eigenvalue weighted by Gasteiger charge is 2.12. The third kappa shape index (κ3) is 5.05. The van der Waals surface area contributed by atoms with Crippen LogP contribution in [0.15, 0.2) is 90.3 Å². The number of rotatable bonds is 7. The van der Waals surface area contributed by atoms with Gasteiger partial charge in [0.2, 0.25) is 0 Å². The van der Waals surface area contributed by atoms with Crippen LogP contribution in [0, 0.1) is 13.8 Å². The summed E-state index contributed by atoms with van der Waals surface area (Å²) in [7, 11) is 0. The van der Waals surface area contributed by atoms with E-state index >= 15 is 0 Å². The van der Waals surface area contributed by atoms with E-state index in [-0.39, 0.29) is 0 Å². The smallest absolute Gasteiger partial charge is 0.133 e. The molecule has 34 heavy (non-hydrogen) atoms. The number of thiazole rings is 1. The summed E-state index contributed by atoms with van der Waals surface area (Å²) in [6.45, 7) is 4.70. The Bertz CT molecular complexity index is 1380. The standard InChI is InChI=1S/C29H26N4S/c1-20-26(17-22-9-5-3-6-10-22)28(32-21(2)31-20)30-18-23-13-15-25(16-14-23)29-33-27(19-34-29)24-11-7-4-8-12-24/h3-16,19H,17-18H2,1-2H3,(H,30,31,32). The van der Waals surface area contributed by atoms with Crippen molar-refractivity contribution in [2.24, 2.45) is 0 Å². The van der Waals surface area contributed by atoms with Crippen LogP contribution in [-0.2, 0) is 13.0 Å². The van der Waals surface area contributed by atoms with E-state index in [0.717, 1.165) is 51.1 Å². The van der Waals surface area contributed by atoms with Gasteiger partial charge in [-0.3, -0.25) is 0 Å². The normalized spacial score (nSPS) is 10.9. The van der Waals surface area contributed by atoms with E-state index in [9.17, 15) is 0 Å². The Morgan fingerprint density at radius 3 is 2.15 bits per heavy atom. The molecule has 0 fully saturated rings. The van der Waals surface area contributed by atoms with Gasteiger partial charge in [-0.25, -0.2) is 15.0 Å². The van der Waals surface area contributed by atoms with E-state index < -0.39 is 0 Å². The van der Waals surface area contributed by atoms with Crippen LogP contribution in [0.1, 0.15) is 28.2 Å². The summed E-state index contributed by atoms with van der Waals surface area (Å²) >= 11 is 1.68. The largest absolute Gasteiger partial charge is 0.366 e. The molecule has 0 saturated carbocycles. The average molecular weight is 463 g/mol. The first kappa shape index (κ1) is 22.0. The molecule has 0 spiro atoms. The highest BCUT2D eigenvalue weighted by atomic mass is 32.1. The molecule has 0 aliphatic carbocycles. The minimum atomic E-state index is 0.700. The molecule has 0 saturated heterocycles. The van der Waals surface area contributed by atoms with Crippen LogP contribution in [0.4, 0.5) is 5.82 Å². The molecule has 5 heteroatoms. The summed E-state index contributed by atoms with van der Waals surface area (Å²) in [6, 6.07) is 29.4. The Hall–Kier alpha value is -3.83. The van der Waals surface area contributed by atoms with Gasteiger partial charge in [0.15, 0.2) is 0 Å². The number of benzene rings is 3. The number of aromatic nitrogens is 3. The van der Waals surface area contributed by atoms with Crippen LogP contribution in [-0.4, -0.2) is 15.0 Å². The minimum absolute atomic E-state index is 0.700. The van der Waals surface area contributed by atoms with Crippen molar-refractivity contribution >= 4 is 17.2 Å². The van der Waals surface area contributed by atoms with Crippen molar-refractivity contribution in [3.63, 3.8) is 0 Å². The molecule has 5 rings (SSSR count). The van der Waals surface area contributed by atoms with Gasteiger partial charge in [0, 0.05) is 40.7 Å². The van der Waals surface area contributed by atoms with Crippen LogP contribution >= 0.6 is 11.3 Å². The number of hydrogen-bond donors (Lipinski definition) is 1. The predicted octanol–water partition coefficient (Wildman–Crippen LogP) is 7.09. The summed E-state index contributed by atoms with van der Waals surface area (Å²) < 4.78 is 0. The van der Waals surface area contributed by atoms with Crippen molar-refractivity contribution < 1.29 is 0 Å². The molecule has 3 aromatic carbocycles. The van der Waals surface area contributed by atoms with Gasteiger partial charge >= 0.3 is 0 Å². The first-order valence-corrected chi connectivity index (χ1v) is 12.3. The molecule has 2 aromatic heterocycles. The summed E-state index contributed by atoms with van der Waals surface area (Å²) in [5.41, 5.74) is 7.91. The van der Waals surface area contributed by atoms with Gasteiger partial charge < -0.3 is 5.32 Å². The fourth-order valence-corrected chi connectivity index (χ4v) is 4.83. The minimum Gasteiger partial charge on any atom is -0.366 e. The maximum Gasteiger partial charge on any atom is 0.133 e. The summed E-state index contributed by atoms with van der Waals surface area (Å²) in [4.78, 5) is 14.1. The van der Waals surface area contributed by atoms with Gasteiger partial charge in [0.25, 0.3) is 0 Å². The Morgan fingerprint density at radius 2 is 1.41 bits per heavy atom. The Morgan fingerprint density at radius 1 is 0.706 bits per heavy atom. The zero-order valence-corrected chi connectivity index (χ0v) is 20.1. The zero-order valence-electron chi connectivity index (χ0n) is 19.3. The van der Waals surface area contributed by atoms with Gasteiger partial charge in [0.05, 0.1) is 5.69 Å². The van der Waals surface area contributed by atoms with Crippen molar-refractivity contribution in [3.05, 3.63) is 119 Å². The molecule has 0 bridgehead atoms. The monoisotopic (exact) mass is 462 g/mol. The third-order valence-corrected chi connectivity index (χ3v) is 6.68. The van der Waals surface area contributed by atoms with Crippen LogP contribution < -0.4 is 5.32 Å². The first-order valence-electron chi connectivity index (χ1n) is 11.4. The third-order valence-electron chi connectivity index (χ3n) is 5.78. The molecule has 4 nitrogen and oxygen atoms in total. The zero-order chi connectivity index (χ0) is 23.3. The molecule has 0 unspecified atom stereocenters. The summed E-state index contributed by atoms with van der Waals surface area (Å²) in [5.74, 6) is 1.69. The molecule has 168 valence electrons. The predicted molar refractivity (Wildman–Crippen MR) is 141 cm³/mol. The quantitative estimate of drug-likeness (QED) is 0.281. The van der Waals surface area contributed by atoms with Crippen LogP contribution in [0.2, 0.25) is 0 Å². The SMILES string of the molecule is Cc1nc(C)c(Cc2ccccc2)c(NCc2ccc(-c3nc(-c4ccccc4)cs3)cc2)n1. The molecule has 0 atom stereocenters. The Kier molecular flexibility index (Phi) is 6.45. The van der Waals surface area contributed by atoms with Gasteiger partial charge in [0.1, 0.15) is 16.6 Å². The van der Waals surface area contributed by atoms with Gasteiger partial charge in [-0.05, 0) is 25.0 Å². The maximum atomic E-state index is 4.83. The highest BCUT2D eigenvalue weighted by Crippen LogP contribution is 2.29. The number of hydrogen-bond acceptors (Lipinski definition) is 5. The maximum absolute atomic E-state index is 4.83. The van der Waals surface area contributed by atoms with Crippen molar-refractivity contribution in [1.29, 1.82) is 0 Å². The lowest BCUT2D eigenvalue weighted by Crippen LogP contribution is -2.09. The van der Waals surface area contributed by atoms with Crippen LogP contribution in [0.5, 0.6) is 0 Å². The second-order valence-electron chi connectivity index (χ2n) is 8.30. The lowest BCUT2D eigenvalue weighted by atomic mass is 10.0. The van der Waals surface area contributed by atoms with E-state index in [2.05, 4.69) is 83.3 Å². The molecule has 0 amide bonds. The topological polar surface area (TPSA) is 50.7 Å². The van der Waals surface area contributed by atoms with Crippen molar-refractivity contribution in [3.8, 4) is 21.8 Å². The lowest BCUT2D eigenvalue weighted by Gasteiger charge is -2.14.